The monoisotopic (exact) mass is 474 g/mol. The third-order valence-electron chi connectivity index (χ3n) is 3.91. The number of hydrogen-bond donors (Lipinski definition) is 1. The molecule has 4 aromatic rings. The molecule has 0 saturated heterocycles. The SMILES string of the molecule is Cc1c(-c2nsc(NC(=O)c3cccc(Cl)c3)n2)nnn1-c1ccc(Br)cc1. The van der Waals surface area contributed by atoms with Gasteiger partial charge in [-0.2, -0.15) is 9.36 Å². The molecule has 0 bridgehead atoms. The van der Waals surface area contributed by atoms with Gasteiger partial charge in [0, 0.05) is 26.6 Å². The van der Waals surface area contributed by atoms with Gasteiger partial charge in [0.2, 0.25) is 5.13 Å². The molecular weight excluding hydrogens is 464 g/mol. The molecule has 28 heavy (non-hydrogen) atoms. The number of nitrogens with one attached hydrogen (secondary N) is 1. The molecule has 0 radical (unpaired) electrons. The summed E-state index contributed by atoms with van der Waals surface area (Å²) in [5.74, 6) is 0.104. The van der Waals surface area contributed by atoms with Gasteiger partial charge in [-0.25, -0.2) is 4.68 Å². The second kappa shape index (κ2) is 7.78. The number of amides is 1. The first kappa shape index (κ1) is 18.7. The minimum Gasteiger partial charge on any atom is -0.297 e. The summed E-state index contributed by atoms with van der Waals surface area (Å²) in [6, 6.07) is 14.4. The number of nitrogens with zero attached hydrogens (tertiary/aromatic N) is 5. The lowest BCUT2D eigenvalue weighted by molar-refractivity contribution is 0.102. The molecule has 0 aliphatic heterocycles. The molecule has 2 heterocycles. The van der Waals surface area contributed by atoms with Crippen LogP contribution < -0.4 is 5.32 Å². The van der Waals surface area contributed by atoms with Crippen LogP contribution in [-0.4, -0.2) is 30.3 Å². The lowest BCUT2D eigenvalue weighted by Crippen LogP contribution is -2.11. The summed E-state index contributed by atoms with van der Waals surface area (Å²) in [5, 5.41) is 12.0. The van der Waals surface area contributed by atoms with E-state index >= 15 is 0 Å². The molecule has 2 aromatic carbocycles. The van der Waals surface area contributed by atoms with Gasteiger partial charge >= 0.3 is 0 Å². The highest BCUT2D eigenvalue weighted by Crippen LogP contribution is 2.24. The van der Waals surface area contributed by atoms with Gasteiger partial charge in [-0.15, -0.1) is 5.10 Å². The Labute approximate surface area is 177 Å². The van der Waals surface area contributed by atoms with Crippen molar-refractivity contribution in [2.75, 3.05) is 5.32 Å². The van der Waals surface area contributed by atoms with Crippen LogP contribution in [0.25, 0.3) is 17.2 Å². The van der Waals surface area contributed by atoms with Gasteiger partial charge in [-0.1, -0.05) is 38.8 Å². The molecule has 0 atom stereocenters. The van der Waals surface area contributed by atoms with Crippen LogP contribution >= 0.6 is 39.1 Å². The van der Waals surface area contributed by atoms with E-state index in [4.69, 9.17) is 11.6 Å². The first-order valence-electron chi connectivity index (χ1n) is 8.10. The molecule has 2 aromatic heterocycles. The number of benzene rings is 2. The average molecular weight is 476 g/mol. The van der Waals surface area contributed by atoms with Crippen LogP contribution in [0.1, 0.15) is 16.1 Å². The topological polar surface area (TPSA) is 85.6 Å². The van der Waals surface area contributed by atoms with Crippen LogP contribution in [0.4, 0.5) is 5.13 Å². The van der Waals surface area contributed by atoms with Crippen LogP contribution in [-0.2, 0) is 0 Å². The van der Waals surface area contributed by atoms with Crippen molar-refractivity contribution in [1.82, 2.24) is 24.4 Å². The van der Waals surface area contributed by atoms with Gasteiger partial charge in [0.05, 0.1) is 11.4 Å². The van der Waals surface area contributed by atoms with Crippen molar-refractivity contribution in [2.24, 2.45) is 0 Å². The summed E-state index contributed by atoms with van der Waals surface area (Å²) in [6.07, 6.45) is 0. The van der Waals surface area contributed by atoms with Crippen molar-refractivity contribution in [3.63, 3.8) is 0 Å². The Bertz CT molecular complexity index is 1160. The van der Waals surface area contributed by atoms with Gasteiger partial charge in [-0.05, 0) is 49.4 Å². The molecule has 0 saturated carbocycles. The van der Waals surface area contributed by atoms with Crippen LogP contribution in [0, 0.1) is 6.92 Å². The quantitative estimate of drug-likeness (QED) is 0.460. The van der Waals surface area contributed by atoms with Crippen LogP contribution in [0.15, 0.2) is 53.0 Å². The van der Waals surface area contributed by atoms with Crippen LogP contribution in [0.5, 0.6) is 0 Å². The molecule has 10 heteroatoms. The second-order valence-electron chi connectivity index (χ2n) is 5.80. The van der Waals surface area contributed by atoms with E-state index in [1.807, 2.05) is 31.2 Å². The number of aromatic nitrogens is 5. The van der Waals surface area contributed by atoms with E-state index in [0.29, 0.717) is 27.2 Å². The highest BCUT2D eigenvalue weighted by atomic mass is 79.9. The first-order chi connectivity index (χ1) is 13.5. The largest absolute Gasteiger partial charge is 0.297 e. The van der Waals surface area contributed by atoms with Gasteiger partial charge in [0.15, 0.2) is 11.5 Å². The first-order valence-corrected chi connectivity index (χ1v) is 10.0. The average Bonchev–Trinajstić information content (AvgIpc) is 3.29. The molecule has 0 aliphatic carbocycles. The van der Waals surface area contributed by atoms with Crippen LogP contribution in [0.3, 0.4) is 0 Å². The summed E-state index contributed by atoms with van der Waals surface area (Å²) in [6.45, 7) is 1.89. The van der Waals surface area contributed by atoms with Crippen LogP contribution in [0.2, 0.25) is 5.02 Å². The van der Waals surface area contributed by atoms with E-state index in [-0.39, 0.29) is 5.91 Å². The summed E-state index contributed by atoms with van der Waals surface area (Å²) in [5.41, 5.74) is 2.68. The molecule has 140 valence electrons. The van der Waals surface area contributed by atoms with Gasteiger partial charge in [-0.3, -0.25) is 10.1 Å². The molecule has 1 N–H and O–H groups in total. The molecule has 1 amide bonds. The zero-order valence-corrected chi connectivity index (χ0v) is 17.6. The van der Waals surface area contributed by atoms with E-state index in [1.54, 1.807) is 28.9 Å². The predicted molar refractivity (Wildman–Crippen MR) is 112 cm³/mol. The van der Waals surface area contributed by atoms with Crippen molar-refractivity contribution in [2.45, 2.75) is 6.92 Å². The molecule has 0 unspecified atom stereocenters. The molecule has 0 spiro atoms. The fraction of sp³-hybridized carbons (Fsp3) is 0.0556. The molecule has 4 rings (SSSR count). The fourth-order valence-electron chi connectivity index (χ4n) is 2.53. The fourth-order valence-corrected chi connectivity index (χ4v) is 3.55. The van der Waals surface area contributed by atoms with Crippen molar-refractivity contribution in [1.29, 1.82) is 0 Å². The highest BCUT2D eigenvalue weighted by Gasteiger charge is 2.18. The minimum atomic E-state index is -0.305. The van der Waals surface area contributed by atoms with Crippen molar-refractivity contribution in [3.8, 4) is 17.2 Å². The Morgan fingerprint density at radius 1 is 1.21 bits per heavy atom. The number of carbonyl (C=O) groups excluding carboxylic acids is 1. The number of hydrogen-bond acceptors (Lipinski definition) is 6. The standard InChI is InChI=1S/C18H12BrClN6OS/c1-10-15(23-25-26(10)14-7-5-12(19)6-8-14)16-21-18(28-24-16)22-17(27)11-3-2-4-13(20)9-11/h2-9H,1H3,(H,21,22,24,27). The summed E-state index contributed by atoms with van der Waals surface area (Å²) >= 11 is 10.4. The molecule has 7 nitrogen and oxygen atoms in total. The van der Waals surface area contributed by atoms with Crippen molar-refractivity contribution < 1.29 is 4.79 Å². The third-order valence-corrected chi connectivity index (χ3v) is 5.31. The number of rotatable bonds is 4. The maximum absolute atomic E-state index is 12.3. The van der Waals surface area contributed by atoms with E-state index in [9.17, 15) is 4.79 Å². The van der Waals surface area contributed by atoms with E-state index in [2.05, 4.69) is 40.9 Å². The maximum atomic E-state index is 12.3. The van der Waals surface area contributed by atoms with Gasteiger partial charge < -0.3 is 0 Å². The molecular formula is C18H12BrClN6OS. The molecule has 0 fully saturated rings. The number of carbonyl (C=O) groups is 1. The Morgan fingerprint density at radius 3 is 2.75 bits per heavy atom. The lowest BCUT2D eigenvalue weighted by atomic mass is 10.2. The Hall–Kier alpha value is -2.62. The Balaban J connectivity index is 1.56. The second-order valence-corrected chi connectivity index (χ2v) is 7.90. The maximum Gasteiger partial charge on any atom is 0.257 e. The zero-order chi connectivity index (χ0) is 19.7. The number of halogens is 2. The van der Waals surface area contributed by atoms with E-state index in [1.165, 1.54) is 0 Å². The smallest absolute Gasteiger partial charge is 0.257 e. The zero-order valence-electron chi connectivity index (χ0n) is 14.4. The van der Waals surface area contributed by atoms with E-state index < -0.39 is 0 Å². The van der Waals surface area contributed by atoms with Gasteiger partial charge in [0.25, 0.3) is 5.91 Å². The molecule has 0 aliphatic rings. The predicted octanol–water partition coefficient (Wildman–Crippen LogP) is 4.76. The Morgan fingerprint density at radius 2 is 2.00 bits per heavy atom. The van der Waals surface area contributed by atoms with Crippen molar-refractivity contribution >= 4 is 50.1 Å². The summed E-state index contributed by atoms with van der Waals surface area (Å²) in [4.78, 5) is 16.7. The normalized spacial score (nSPS) is 10.8. The lowest BCUT2D eigenvalue weighted by Gasteiger charge is -2.03. The summed E-state index contributed by atoms with van der Waals surface area (Å²) < 4.78 is 7.00. The van der Waals surface area contributed by atoms with Gasteiger partial charge in [0.1, 0.15) is 0 Å². The van der Waals surface area contributed by atoms with Crippen molar-refractivity contribution in [3.05, 3.63) is 69.3 Å². The van der Waals surface area contributed by atoms with E-state index in [0.717, 1.165) is 27.4 Å². The highest BCUT2D eigenvalue weighted by molar-refractivity contribution is 9.10. The minimum absolute atomic E-state index is 0.305. The third kappa shape index (κ3) is 3.82. The number of anilines is 1. The summed E-state index contributed by atoms with van der Waals surface area (Å²) in [7, 11) is 0. The Kier molecular flexibility index (Phi) is 5.21.